The van der Waals surface area contributed by atoms with Crippen molar-refractivity contribution in [2.75, 3.05) is 86.2 Å². The number of imidazole rings is 1. The van der Waals surface area contributed by atoms with Crippen LogP contribution >= 0.6 is 0 Å². The van der Waals surface area contributed by atoms with Crippen molar-refractivity contribution in [3.63, 3.8) is 0 Å². The number of pyridine rings is 1. The van der Waals surface area contributed by atoms with E-state index in [4.69, 9.17) is 14.5 Å². The lowest BCUT2D eigenvalue weighted by Crippen LogP contribution is -2.50. The van der Waals surface area contributed by atoms with E-state index in [1.807, 2.05) is 54.8 Å². The predicted octanol–water partition coefficient (Wildman–Crippen LogP) is 2.45. The molecule has 0 atom stereocenters. The number of para-hydroxylation sites is 1. The molecule has 11 heteroatoms. The Bertz CT molecular complexity index is 1360. The third kappa shape index (κ3) is 8.31. The van der Waals surface area contributed by atoms with E-state index in [1.165, 1.54) is 0 Å². The maximum absolute atomic E-state index is 13.5. The Labute approximate surface area is 254 Å². The molecule has 5 rings (SSSR count). The summed E-state index contributed by atoms with van der Waals surface area (Å²) in [5.74, 6) is 1.25. The number of ether oxygens (including phenoxy) is 2. The number of piperazine rings is 1. The van der Waals surface area contributed by atoms with Crippen molar-refractivity contribution in [2.45, 2.75) is 26.3 Å². The third-order valence-electron chi connectivity index (χ3n) is 8.33. The van der Waals surface area contributed by atoms with Crippen LogP contribution in [0.1, 0.15) is 35.8 Å². The number of carbonyl (C=O) groups excluding carboxylic acids is 2. The first kappa shape index (κ1) is 30.9. The number of likely N-dealkylation sites (tertiary alicyclic amines) is 1. The molecule has 2 aromatic heterocycles. The SMILES string of the molecule is CCOC(=O)CN1CCN(CC2CCN(C(=O)c3ccc4ncn(Cc5ccccc5OCCN(C)C)c4n3)CC2)CC1. The van der Waals surface area contributed by atoms with E-state index in [0.29, 0.717) is 43.6 Å². The molecule has 0 aliphatic carbocycles. The fourth-order valence-corrected chi connectivity index (χ4v) is 5.84. The number of hydrogen-bond acceptors (Lipinski definition) is 9. The second kappa shape index (κ2) is 14.8. The van der Waals surface area contributed by atoms with Crippen molar-refractivity contribution in [1.82, 2.24) is 34.1 Å². The number of rotatable bonds is 12. The first-order valence-corrected chi connectivity index (χ1v) is 15.5. The number of nitrogens with zero attached hydrogens (tertiary/aromatic N) is 7. The number of carbonyl (C=O) groups is 2. The first-order valence-electron chi connectivity index (χ1n) is 15.5. The predicted molar refractivity (Wildman–Crippen MR) is 165 cm³/mol. The van der Waals surface area contributed by atoms with Gasteiger partial charge in [-0.25, -0.2) is 9.97 Å². The number of fused-ring (bicyclic) bond motifs is 1. The Morgan fingerprint density at radius 3 is 2.47 bits per heavy atom. The van der Waals surface area contributed by atoms with Crippen LogP contribution in [-0.2, 0) is 16.1 Å². The molecule has 1 aromatic carbocycles. The molecule has 0 spiro atoms. The highest BCUT2D eigenvalue weighted by Gasteiger charge is 2.27. The molecule has 232 valence electrons. The van der Waals surface area contributed by atoms with Gasteiger partial charge in [0.15, 0.2) is 5.65 Å². The van der Waals surface area contributed by atoms with E-state index >= 15 is 0 Å². The number of benzene rings is 1. The standard InChI is InChI=1S/C32H45N7O4/c1-4-42-30(40)23-37-17-15-36(16-18-37)21-25-11-13-38(14-12-25)32(41)28-10-9-27-31(34-28)39(24-33-27)22-26-7-5-6-8-29(26)43-20-19-35(2)3/h5-10,24-25H,4,11-23H2,1-3H3. The first-order chi connectivity index (χ1) is 20.9. The van der Waals surface area contributed by atoms with Gasteiger partial charge in [-0.2, -0.15) is 0 Å². The molecule has 3 aromatic rings. The number of piperidine rings is 1. The number of likely N-dealkylation sites (N-methyl/N-ethyl adjacent to an activating group) is 1. The fraction of sp³-hybridized carbons (Fsp3) is 0.562. The highest BCUT2D eigenvalue weighted by molar-refractivity contribution is 5.94. The maximum atomic E-state index is 13.5. The molecule has 0 saturated carbocycles. The molecular weight excluding hydrogens is 546 g/mol. The van der Waals surface area contributed by atoms with Gasteiger partial charge in [0.1, 0.15) is 23.6 Å². The summed E-state index contributed by atoms with van der Waals surface area (Å²) >= 11 is 0. The zero-order valence-electron chi connectivity index (χ0n) is 25.8. The number of hydrogen-bond donors (Lipinski definition) is 0. The molecule has 0 bridgehead atoms. The molecule has 2 fully saturated rings. The quantitative estimate of drug-likeness (QED) is 0.294. The summed E-state index contributed by atoms with van der Waals surface area (Å²) in [6.07, 6.45) is 3.75. The van der Waals surface area contributed by atoms with Gasteiger partial charge in [-0.1, -0.05) is 18.2 Å². The van der Waals surface area contributed by atoms with E-state index in [9.17, 15) is 9.59 Å². The van der Waals surface area contributed by atoms with Crippen LogP contribution in [0.15, 0.2) is 42.7 Å². The van der Waals surface area contributed by atoms with E-state index in [-0.39, 0.29) is 11.9 Å². The summed E-state index contributed by atoms with van der Waals surface area (Å²) in [7, 11) is 4.06. The van der Waals surface area contributed by atoms with Crippen molar-refractivity contribution in [1.29, 1.82) is 0 Å². The number of aromatic nitrogens is 3. The van der Waals surface area contributed by atoms with Crippen LogP contribution in [0.3, 0.4) is 0 Å². The van der Waals surface area contributed by atoms with Crippen molar-refractivity contribution in [2.24, 2.45) is 5.92 Å². The minimum Gasteiger partial charge on any atom is -0.492 e. The van der Waals surface area contributed by atoms with Crippen LogP contribution in [0, 0.1) is 5.92 Å². The molecule has 0 unspecified atom stereocenters. The normalized spacial score (nSPS) is 17.1. The zero-order chi connectivity index (χ0) is 30.2. The Hall–Kier alpha value is -3.54. The maximum Gasteiger partial charge on any atom is 0.320 e. The summed E-state index contributed by atoms with van der Waals surface area (Å²) in [6.45, 7) is 10.9. The molecule has 2 saturated heterocycles. The zero-order valence-corrected chi connectivity index (χ0v) is 25.8. The number of esters is 1. The molecule has 0 radical (unpaired) electrons. The van der Waals surface area contributed by atoms with Crippen molar-refractivity contribution in [3.05, 3.63) is 54.0 Å². The largest absolute Gasteiger partial charge is 0.492 e. The molecule has 2 aliphatic heterocycles. The minimum absolute atomic E-state index is 0.0203. The van der Waals surface area contributed by atoms with Gasteiger partial charge in [0.2, 0.25) is 0 Å². The highest BCUT2D eigenvalue weighted by Crippen LogP contribution is 2.23. The van der Waals surface area contributed by atoms with Crippen molar-refractivity contribution in [3.8, 4) is 5.75 Å². The monoisotopic (exact) mass is 591 g/mol. The van der Waals surface area contributed by atoms with Crippen LogP contribution in [0.2, 0.25) is 0 Å². The Morgan fingerprint density at radius 1 is 0.977 bits per heavy atom. The van der Waals surface area contributed by atoms with Crippen LogP contribution in [-0.4, -0.2) is 132 Å². The highest BCUT2D eigenvalue weighted by atomic mass is 16.5. The average Bonchev–Trinajstić information content (AvgIpc) is 3.41. The van der Waals surface area contributed by atoms with E-state index in [1.54, 1.807) is 12.4 Å². The van der Waals surface area contributed by atoms with Crippen LogP contribution in [0.25, 0.3) is 11.2 Å². The topological polar surface area (TPSA) is 96.3 Å². The summed E-state index contributed by atoms with van der Waals surface area (Å²) in [5.41, 5.74) is 2.97. The van der Waals surface area contributed by atoms with Crippen LogP contribution in [0.5, 0.6) is 5.75 Å². The van der Waals surface area contributed by atoms with Gasteiger partial charge in [0.05, 0.1) is 26.0 Å². The lowest BCUT2D eigenvalue weighted by molar-refractivity contribution is -0.144. The fourth-order valence-electron chi connectivity index (χ4n) is 5.84. The van der Waals surface area contributed by atoms with Gasteiger partial charge in [-0.15, -0.1) is 0 Å². The Kier molecular flexibility index (Phi) is 10.6. The summed E-state index contributed by atoms with van der Waals surface area (Å²) < 4.78 is 13.1. The van der Waals surface area contributed by atoms with Gasteiger partial charge >= 0.3 is 5.97 Å². The Balaban J connectivity index is 1.14. The Morgan fingerprint density at radius 2 is 1.72 bits per heavy atom. The summed E-state index contributed by atoms with van der Waals surface area (Å²) in [6, 6.07) is 11.7. The second-order valence-corrected chi connectivity index (χ2v) is 11.8. The molecule has 0 N–H and O–H groups in total. The smallest absolute Gasteiger partial charge is 0.320 e. The molecule has 1 amide bonds. The average molecular weight is 592 g/mol. The third-order valence-corrected chi connectivity index (χ3v) is 8.33. The summed E-state index contributed by atoms with van der Waals surface area (Å²) in [5, 5.41) is 0. The van der Waals surface area contributed by atoms with Crippen molar-refractivity contribution < 1.29 is 19.1 Å². The van der Waals surface area contributed by atoms with E-state index in [0.717, 1.165) is 82.0 Å². The van der Waals surface area contributed by atoms with E-state index < -0.39 is 0 Å². The minimum atomic E-state index is -0.142. The van der Waals surface area contributed by atoms with Gasteiger partial charge in [0.25, 0.3) is 5.91 Å². The van der Waals surface area contributed by atoms with E-state index in [2.05, 4.69) is 25.8 Å². The molecule has 2 aliphatic rings. The van der Waals surface area contributed by atoms with Gasteiger partial charge in [-0.3, -0.25) is 14.5 Å². The van der Waals surface area contributed by atoms with Crippen LogP contribution < -0.4 is 4.74 Å². The molecule has 43 heavy (non-hydrogen) atoms. The lowest BCUT2D eigenvalue weighted by Gasteiger charge is -2.38. The lowest BCUT2D eigenvalue weighted by atomic mass is 9.95. The second-order valence-electron chi connectivity index (χ2n) is 11.8. The van der Waals surface area contributed by atoms with Gasteiger partial charge < -0.3 is 28.7 Å². The molecular formula is C32H45N7O4. The molecule has 4 heterocycles. The number of amides is 1. The molecule has 11 nitrogen and oxygen atoms in total. The van der Waals surface area contributed by atoms with Crippen LogP contribution in [0.4, 0.5) is 0 Å². The van der Waals surface area contributed by atoms with Gasteiger partial charge in [0, 0.05) is 57.9 Å². The van der Waals surface area contributed by atoms with Crippen molar-refractivity contribution >= 4 is 23.0 Å². The summed E-state index contributed by atoms with van der Waals surface area (Å²) in [4.78, 5) is 43.3. The van der Waals surface area contributed by atoms with Gasteiger partial charge in [-0.05, 0) is 58.0 Å².